The highest BCUT2D eigenvalue weighted by atomic mass is 32.2. The molecule has 114 valence electrons. The molecule has 2 bridgehead atoms. The molecule has 1 saturated carbocycles. The van der Waals surface area contributed by atoms with Gasteiger partial charge in [-0.3, -0.25) is 4.79 Å². The minimum absolute atomic E-state index is 0.0306. The lowest BCUT2D eigenvalue weighted by Crippen LogP contribution is -2.38. The van der Waals surface area contributed by atoms with E-state index in [0.717, 1.165) is 25.3 Å². The largest absolute Gasteiger partial charge is 0.335 e. The number of halogens is 2. The van der Waals surface area contributed by atoms with Crippen molar-refractivity contribution in [3.63, 3.8) is 0 Å². The van der Waals surface area contributed by atoms with E-state index in [2.05, 4.69) is 0 Å². The number of amides is 1. The Morgan fingerprint density at radius 3 is 2.52 bits per heavy atom. The van der Waals surface area contributed by atoms with Crippen molar-refractivity contribution in [2.75, 3.05) is 6.54 Å². The number of nitrogens with zero attached hydrogens (tertiary/aromatic N) is 1. The Balaban J connectivity index is 2.03. The highest BCUT2D eigenvalue weighted by Gasteiger charge is 2.41. The number of benzene rings is 1. The van der Waals surface area contributed by atoms with Crippen LogP contribution in [0.4, 0.5) is 8.78 Å². The van der Waals surface area contributed by atoms with Crippen molar-refractivity contribution in [3.05, 3.63) is 29.3 Å². The number of rotatable bonds is 2. The number of carbonyl (C=O) groups is 1. The van der Waals surface area contributed by atoms with Crippen LogP contribution >= 0.6 is 0 Å². The predicted octanol–water partition coefficient (Wildman–Crippen LogP) is 1.24. The van der Waals surface area contributed by atoms with E-state index in [9.17, 15) is 22.0 Å². The first kappa shape index (κ1) is 14.4. The van der Waals surface area contributed by atoms with Gasteiger partial charge in [-0.15, -0.1) is 0 Å². The van der Waals surface area contributed by atoms with Crippen molar-refractivity contribution >= 4 is 15.9 Å². The van der Waals surface area contributed by atoms with E-state index in [1.165, 1.54) is 4.90 Å². The van der Waals surface area contributed by atoms with Gasteiger partial charge >= 0.3 is 0 Å². The number of nitrogens with two attached hydrogens (primary N) is 1. The zero-order valence-corrected chi connectivity index (χ0v) is 11.9. The van der Waals surface area contributed by atoms with Crippen molar-refractivity contribution in [3.8, 4) is 0 Å². The summed E-state index contributed by atoms with van der Waals surface area (Å²) in [7, 11) is -4.43. The second-order valence-corrected chi connectivity index (χ2v) is 7.13. The van der Waals surface area contributed by atoms with E-state index in [4.69, 9.17) is 5.14 Å². The number of hydrogen-bond acceptors (Lipinski definition) is 3. The number of primary sulfonamides is 1. The molecule has 21 heavy (non-hydrogen) atoms. The van der Waals surface area contributed by atoms with Gasteiger partial charge in [-0.1, -0.05) is 0 Å². The van der Waals surface area contributed by atoms with Gasteiger partial charge in [0.1, 0.15) is 10.7 Å². The third kappa shape index (κ3) is 2.42. The van der Waals surface area contributed by atoms with Crippen molar-refractivity contribution in [1.29, 1.82) is 0 Å². The van der Waals surface area contributed by atoms with Crippen LogP contribution in [0.3, 0.4) is 0 Å². The van der Waals surface area contributed by atoms with E-state index in [1.54, 1.807) is 0 Å². The number of sulfonamides is 1. The van der Waals surface area contributed by atoms with Crippen LogP contribution in [0.2, 0.25) is 0 Å². The first-order valence-electron chi connectivity index (χ1n) is 6.60. The number of piperidine rings is 1. The molecule has 0 spiro atoms. The molecule has 5 nitrogen and oxygen atoms in total. The van der Waals surface area contributed by atoms with Crippen molar-refractivity contribution in [2.45, 2.75) is 30.2 Å². The molecule has 1 aromatic carbocycles. The molecule has 2 fully saturated rings. The smallest absolute Gasteiger partial charge is 0.257 e. The van der Waals surface area contributed by atoms with Crippen molar-refractivity contribution in [1.82, 2.24) is 4.90 Å². The fraction of sp³-hybridized carbons (Fsp3) is 0.462. The molecule has 1 aliphatic carbocycles. The molecular formula is C13H14F2N2O3S. The summed E-state index contributed by atoms with van der Waals surface area (Å²) in [5, 5.41) is 4.85. The standard InChI is InChI=1S/C13H14F2N2O3S/c14-8-4-10(12(15)11(5-8)21(16,19)20)13(18)17-6-7-1-2-9(17)3-7/h4-5,7,9H,1-3,6H2,(H2,16,19,20). The van der Waals surface area contributed by atoms with Gasteiger partial charge in [0.05, 0.1) is 5.56 Å². The van der Waals surface area contributed by atoms with Gasteiger partial charge in [-0.05, 0) is 37.3 Å². The topological polar surface area (TPSA) is 80.5 Å². The van der Waals surface area contributed by atoms with Crippen LogP contribution in [0, 0.1) is 17.6 Å². The first-order valence-corrected chi connectivity index (χ1v) is 8.15. The van der Waals surface area contributed by atoms with E-state index < -0.39 is 38.0 Å². The Morgan fingerprint density at radius 2 is 2.00 bits per heavy atom. The van der Waals surface area contributed by atoms with Crippen LogP contribution in [-0.2, 0) is 10.0 Å². The van der Waals surface area contributed by atoms with Gasteiger partial charge < -0.3 is 4.90 Å². The molecule has 3 rings (SSSR count). The Labute approximate surface area is 120 Å². The summed E-state index contributed by atoms with van der Waals surface area (Å²) in [6.45, 7) is 0.504. The third-order valence-corrected chi connectivity index (χ3v) is 5.12. The van der Waals surface area contributed by atoms with Gasteiger partial charge in [-0.2, -0.15) is 0 Å². The van der Waals surface area contributed by atoms with Gasteiger partial charge in [0, 0.05) is 12.6 Å². The lowest BCUT2D eigenvalue weighted by molar-refractivity contribution is 0.0697. The average molecular weight is 316 g/mol. The second kappa shape index (κ2) is 4.74. The summed E-state index contributed by atoms with van der Waals surface area (Å²) in [5.41, 5.74) is -0.577. The van der Waals surface area contributed by atoms with Gasteiger partial charge in [0.25, 0.3) is 5.91 Å². The number of hydrogen-bond donors (Lipinski definition) is 1. The molecule has 1 aliphatic heterocycles. The van der Waals surface area contributed by atoms with Gasteiger partial charge in [0.2, 0.25) is 10.0 Å². The number of fused-ring (bicyclic) bond motifs is 2. The molecule has 1 amide bonds. The summed E-state index contributed by atoms with van der Waals surface area (Å²) in [6, 6.07) is 1.23. The Morgan fingerprint density at radius 1 is 1.29 bits per heavy atom. The summed E-state index contributed by atoms with van der Waals surface area (Å²) in [6.07, 6.45) is 2.74. The monoisotopic (exact) mass is 316 g/mol. The summed E-state index contributed by atoms with van der Waals surface area (Å²) in [4.78, 5) is 12.9. The second-order valence-electron chi connectivity index (χ2n) is 5.60. The van der Waals surface area contributed by atoms with Crippen LogP contribution in [-0.4, -0.2) is 31.8 Å². The minimum Gasteiger partial charge on any atom is -0.335 e. The molecule has 2 N–H and O–H groups in total. The van der Waals surface area contributed by atoms with Crippen LogP contribution in [0.15, 0.2) is 17.0 Å². The fourth-order valence-electron chi connectivity index (χ4n) is 3.26. The van der Waals surface area contributed by atoms with Crippen LogP contribution < -0.4 is 5.14 Å². The van der Waals surface area contributed by atoms with E-state index in [1.807, 2.05) is 0 Å². The Hall–Kier alpha value is -1.54. The lowest BCUT2D eigenvalue weighted by Gasteiger charge is -2.27. The zero-order valence-electron chi connectivity index (χ0n) is 11.1. The van der Waals surface area contributed by atoms with Gasteiger partial charge in [0.15, 0.2) is 5.82 Å². The molecule has 0 radical (unpaired) electrons. The minimum atomic E-state index is -4.43. The van der Waals surface area contributed by atoms with E-state index >= 15 is 0 Å². The number of carbonyl (C=O) groups excluding carboxylic acids is 1. The van der Waals surface area contributed by atoms with Crippen molar-refractivity contribution in [2.24, 2.45) is 11.1 Å². The lowest BCUT2D eigenvalue weighted by atomic mass is 10.1. The summed E-state index contributed by atoms with van der Waals surface area (Å²) < 4.78 is 50.3. The van der Waals surface area contributed by atoms with E-state index in [0.29, 0.717) is 18.5 Å². The van der Waals surface area contributed by atoms with Crippen LogP contribution in [0.5, 0.6) is 0 Å². The molecule has 2 unspecified atom stereocenters. The predicted molar refractivity (Wildman–Crippen MR) is 69.9 cm³/mol. The average Bonchev–Trinajstić information content (AvgIpc) is 3.01. The molecule has 0 aromatic heterocycles. The molecule has 1 heterocycles. The normalized spacial score (nSPS) is 24.6. The molecule has 1 aromatic rings. The van der Waals surface area contributed by atoms with E-state index in [-0.39, 0.29) is 6.04 Å². The fourth-order valence-corrected chi connectivity index (χ4v) is 3.89. The summed E-state index contributed by atoms with van der Waals surface area (Å²) >= 11 is 0. The molecule has 2 aliphatic rings. The highest BCUT2D eigenvalue weighted by molar-refractivity contribution is 7.89. The maximum Gasteiger partial charge on any atom is 0.257 e. The highest BCUT2D eigenvalue weighted by Crippen LogP contribution is 2.38. The Kier molecular flexibility index (Phi) is 3.25. The van der Waals surface area contributed by atoms with Gasteiger partial charge in [-0.25, -0.2) is 22.3 Å². The maximum absolute atomic E-state index is 14.2. The molecule has 8 heteroatoms. The SMILES string of the molecule is NS(=O)(=O)c1cc(F)cc(C(=O)N2CC3CCC2C3)c1F. The van der Waals surface area contributed by atoms with Crippen molar-refractivity contribution < 1.29 is 22.0 Å². The molecule has 2 atom stereocenters. The van der Waals surface area contributed by atoms with Crippen LogP contribution in [0.25, 0.3) is 0 Å². The zero-order chi connectivity index (χ0) is 15.4. The quantitative estimate of drug-likeness (QED) is 0.891. The molecular weight excluding hydrogens is 302 g/mol. The third-order valence-electron chi connectivity index (χ3n) is 4.21. The molecule has 1 saturated heterocycles. The summed E-state index contributed by atoms with van der Waals surface area (Å²) in [5.74, 6) is -2.57. The number of likely N-dealkylation sites (tertiary alicyclic amines) is 1. The first-order chi connectivity index (χ1) is 9.77. The maximum atomic E-state index is 14.2. The Bertz CT molecular complexity index is 720. The van der Waals surface area contributed by atoms with Crippen LogP contribution in [0.1, 0.15) is 29.6 Å².